The molecule has 0 aromatic carbocycles. The van der Waals surface area contributed by atoms with Gasteiger partial charge < -0.3 is 5.32 Å². The van der Waals surface area contributed by atoms with Crippen molar-refractivity contribution in [2.45, 2.75) is 25.3 Å². The van der Waals surface area contributed by atoms with Crippen LogP contribution in [0.2, 0.25) is 5.28 Å². The molecule has 2 heterocycles. The minimum atomic E-state index is 0.134. The Hall–Kier alpha value is -2.02. The Morgan fingerprint density at radius 1 is 1.26 bits per heavy atom. The Morgan fingerprint density at radius 2 is 2.21 bits per heavy atom. The number of anilines is 1. The van der Waals surface area contributed by atoms with Crippen molar-refractivity contribution >= 4 is 17.5 Å². The van der Waals surface area contributed by atoms with Crippen LogP contribution >= 0.6 is 11.6 Å². The van der Waals surface area contributed by atoms with Crippen LogP contribution in [0, 0.1) is 0 Å². The highest BCUT2D eigenvalue weighted by molar-refractivity contribution is 6.28. The molecule has 1 N–H and O–H groups in total. The van der Waals surface area contributed by atoms with Gasteiger partial charge in [-0.2, -0.15) is 24.7 Å². The second kappa shape index (κ2) is 5.31. The fourth-order valence-corrected chi connectivity index (χ4v) is 2.08. The summed E-state index contributed by atoms with van der Waals surface area (Å²) in [5, 5.41) is 7.37. The molecule has 0 bridgehead atoms. The Kier molecular flexibility index (Phi) is 3.37. The fraction of sp³-hybridized carbons (Fsp3) is 0.364. The monoisotopic (exact) mass is 277 g/mol. The Morgan fingerprint density at radius 3 is 2.95 bits per heavy atom. The van der Waals surface area contributed by atoms with Gasteiger partial charge in [0.2, 0.25) is 11.2 Å². The van der Waals surface area contributed by atoms with Crippen molar-refractivity contribution in [1.29, 1.82) is 0 Å². The van der Waals surface area contributed by atoms with Crippen LogP contribution in [0.1, 0.15) is 19.3 Å². The molecule has 0 saturated carbocycles. The molecule has 2 aromatic heterocycles. The number of nitrogens with zero attached hydrogens (tertiary/aromatic N) is 6. The molecule has 2 aromatic rings. The molecule has 0 amide bonds. The summed E-state index contributed by atoms with van der Waals surface area (Å²) in [4.78, 5) is 16.2. The van der Waals surface area contributed by atoms with Gasteiger partial charge >= 0.3 is 0 Å². The summed E-state index contributed by atoms with van der Waals surface area (Å²) in [5.41, 5.74) is 0. The second-order valence-corrected chi connectivity index (χ2v) is 4.53. The third kappa shape index (κ3) is 2.87. The van der Waals surface area contributed by atoms with Gasteiger partial charge in [0, 0.05) is 6.04 Å². The summed E-state index contributed by atoms with van der Waals surface area (Å²) in [6.45, 7) is 0. The van der Waals surface area contributed by atoms with Crippen molar-refractivity contribution in [1.82, 2.24) is 29.7 Å². The third-order valence-electron chi connectivity index (χ3n) is 2.82. The van der Waals surface area contributed by atoms with Crippen molar-refractivity contribution in [2.75, 3.05) is 5.32 Å². The molecule has 3 rings (SSSR count). The summed E-state index contributed by atoms with van der Waals surface area (Å²) in [6, 6.07) is 0.326. The molecular weight excluding hydrogens is 266 g/mol. The average Bonchev–Trinajstić information content (AvgIpc) is 2.93. The molecule has 19 heavy (non-hydrogen) atoms. The lowest BCUT2D eigenvalue weighted by Gasteiger charge is -2.19. The van der Waals surface area contributed by atoms with Crippen LogP contribution in [0.4, 0.5) is 5.95 Å². The zero-order chi connectivity index (χ0) is 13.1. The molecule has 0 aliphatic heterocycles. The number of hydrogen-bond acceptors (Lipinski definition) is 6. The van der Waals surface area contributed by atoms with Crippen LogP contribution in [-0.4, -0.2) is 35.8 Å². The van der Waals surface area contributed by atoms with Crippen molar-refractivity contribution in [3.05, 3.63) is 30.1 Å². The van der Waals surface area contributed by atoms with Gasteiger partial charge in [-0.1, -0.05) is 12.2 Å². The summed E-state index contributed by atoms with van der Waals surface area (Å²) in [7, 11) is 0. The number of allylic oxidation sites excluding steroid dienone is 1. The molecule has 0 saturated heterocycles. The van der Waals surface area contributed by atoms with Crippen LogP contribution < -0.4 is 5.32 Å². The summed E-state index contributed by atoms with van der Waals surface area (Å²) in [6.07, 6.45) is 10.3. The topological polar surface area (TPSA) is 81.4 Å². The van der Waals surface area contributed by atoms with Gasteiger partial charge in [-0.15, -0.1) is 0 Å². The molecule has 0 spiro atoms. The summed E-state index contributed by atoms with van der Waals surface area (Å²) in [5.74, 6) is 0.817. The van der Waals surface area contributed by atoms with E-state index in [9.17, 15) is 0 Å². The predicted octanol–water partition coefficient (Wildman–Crippen LogP) is 1.63. The molecule has 98 valence electrons. The fourth-order valence-electron chi connectivity index (χ4n) is 1.93. The highest BCUT2D eigenvalue weighted by atomic mass is 35.5. The zero-order valence-electron chi connectivity index (χ0n) is 10.1. The number of nitrogens with one attached hydrogen (secondary N) is 1. The maximum absolute atomic E-state index is 5.91. The van der Waals surface area contributed by atoms with Crippen LogP contribution in [0.25, 0.3) is 5.95 Å². The Bertz CT molecular complexity index is 581. The van der Waals surface area contributed by atoms with Crippen LogP contribution in [0.3, 0.4) is 0 Å². The quantitative estimate of drug-likeness (QED) is 0.859. The number of rotatable bonds is 3. The van der Waals surface area contributed by atoms with Crippen molar-refractivity contribution < 1.29 is 0 Å². The van der Waals surface area contributed by atoms with E-state index in [1.165, 1.54) is 17.3 Å². The van der Waals surface area contributed by atoms with Gasteiger partial charge in [-0.25, -0.2) is 4.98 Å². The van der Waals surface area contributed by atoms with Crippen molar-refractivity contribution in [3.63, 3.8) is 0 Å². The SMILES string of the molecule is Clc1nc(NC2CC=CCC2)nc(-n2cncn2)n1. The van der Waals surface area contributed by atoms with Gasteiger partial charge in [0.25, 0.3) is 5.95 Å². The van der Waals surface area contributed by atoms with Crippen molar-refractivity contribution in [3.8, 4) is 5.95 Å². The Labute approximate surface area is 114 Å². The van der Waals surface area contributed by atoms with Crippen LogP contribution in [0.5, 0.6) is 0 Å². The first kappa shape index (κ1) is 12.0. The van der Waals surface area contributed by atoms with Gasteiger partial charge in [0.05, 0.1) is 0 Å². The van der Waals surface area contributed by atoms with E-state index in [1.807, 2.05) is 0 Å². The van der Waals surface area contributed by atoms with Crippen molar-refractivity contribution in [2.24, 2.45) is 0 Å². The lowest BCUT2D eigenvalue weighted by molar-refractivity contribution is 0.636. The highest BCUT2D eigenvalue weighted by Crippen LogP contribution is 2.16. The Balaban J connectivity index is 1.83. The first-order valence-electron chi connectivity index (χ1n) is 5.99. The largest absolute Gasteiger partial charge is 0.351 e. The van der Waals surface area contributed by atoms with Gasteiger partial charge in [-0.3, -0.25) is 0 Å². The molecular formula is C11H12ClN7. The number of hydrogen-bond donors (Lipinski definition) is 1. The summed E-state index contributed by atoms with van der Waals surface area (Å²) < 4.78 is 1.44. The van der Waals surface area contributed by atoms with E-state index < -0.39 is 0 Å². The van der Waals surface area contributed by atoms with Crippen LogP contribution in [-0.2, 0) is 0 Å². The van der Waals surface area contributed by atoms with Crippen LogP contribution in [0.15, 0.2) is 24.8 Å². The molecule has 1 unspecified atom stereocenters. The molecule has 1 aliphatic carbocycles. The van der Waals surface area contributed by atoms with E-state index in [0.717, 1.165) is 19.3 Å². The standard InChI is InChI=1S/C11H12ClN7/c12-9-16-10(15-8-4-2-1-3-5-8)18-11(17-9)19-7-13-6-14-19/h1-2,6-8H,3-5H2,(H,15,16,17,18). The van der Waals surface area contributed by atoms with E-state index in [-0.39, 0.29) is 5.28 Å². The normalized spacial score (nSPS) is 18.5. The first-order chi connectivity index (χ1) is 9.31. The summed E-state index contributed by atoms with van der Waals surface area (Å²) >= 11 is 5.91. The van der Waals surface area contributed by atoms with E-state index in [4.69, 9.17) is 11.6 Å². The molecule has 7 nitrogen and oxygen atoms in total. The molecule has 0 fully saturated rings. The van der Waals surface area contributed by atoms with Gasteiger partial charge in [0.1, 0.15) is 12.7 Å². The first-order valence-corrected chi connectivity index (χ1v) is 6.37. The third-order valence-corrected chi connectivity index (χ3v) is 2.99. The average molecular weight is 278 g/mol. The second-order valence-electron chi connectivity index (χ2n) is 4.19. The maximum Gasteiger partial charge on any atom is 0.258 e. The molecule has 8 heteroatoms. The molecule has 1 atom stereocenters. The highest BCUT2D eigenvalue weighted by Gasteiger charge is 2.13. The zero-order valence-corrected chi connectivity index (χ0v) is 10.8. The van der Waals surface area contributed by atoms with E-state index >= 15 is 0 Å². The molecule has 1 aliphatic rings. The van der Waals surface area contributed by atoms with Gasteiger partial charge in [-0.05, 0) is 30.9 Å². The lowest BCUT2D eigenvalue weighted by Crippen LogP contribution is -2.22. The molecule has 0 radical (unpaired) electrons. The minimum Gasteiger partial charge on any atom is -0.351 e. The minimum absolute atomic E-state index is 0.134. The maximum atomic E-state index is 5.91. The van der Waals surface area contributed by atoms with E-state index in [0.29, 0.717) is 17.9 Å². The smallest absolute Gasteiger partial charge is 0.258 e. The van der Waals surface area contributed by atoms with E-state index in [2.05, 4.69) is 42.5 Å². The lowest BCUT2D eigenvalue weighted by atomic mass is 10.0. The number of aromatic nitrogens is 6. The van der Waals surface area contributed by atoms with Gasteiger partial charge in [0.15, 0.2) is 0 Å². The van der Waals surface area contributed by atoms with E-state index in [1.54, 1.807) is 0 Å². The number of halogens is 1. The predicted molar refractivity (Wildman–Crippen MR) is 70.2 cm³/mol.